The minimum Gasteiger partial charge on any atom is -0.342 e. The number of fused-ring (bicyclic) bond motifs is 3. The van der Waals surface area contributed by atoms with Gasteiger partial charge in [0, 0.05) is 6.04 Å². The van der Waals surface area contributed by atoms with Crippen molar-refractivity contribution in [2.24, 2.45) is 5.10 Å². The number of hydrogen-bond donors (Lipinski definition) is 0. The normalized spacial score (nSPS) is 22.0. The quantitative estimate of drug-likeness (QED) is 0.831. The molecular formula is C21H26N6. The van der Waals surface area contributed by atoms with E-state index in [1.54, 1.807) is 6.33 Å². The maximum Gasteiger partial charge on any atom is 0.156 e. The molecule has 0 saturated heterocycles. The maximum atomic E-state index is 5.06. The Hall–Kier alpha value is -2.63. The van der Waals surface area contributed by atoms with Gasteiger partial charge >= 0.3 is 0 Å². The molecule has 27 heavy (non-hydrogen) atoms. The molecule has 5 rings (SSSR count). The Morgan fingerprint density at radius 1 is 1.11 bits per heavy atom. The van der Waals surface area contributed by atoms with Gasteiger partial charge in [0.1, 0.15) is 18.7 Å². The lowest BCUT2D eigenvalue weighted by Crippen LogP contribution is -2.55. The van der Waals surface area contributed by atoms with E-state index in [0.29, 0.717) is 6.04 Å². The number of hydrogen-bond acceptors (Lipinski definition) is 6. The molecule has 6 heteroatoms. The smallest absolute Gasteiger partial charge is 0.156 e. The molecule has 1 aromatic carbocycles. The van der Waals surface area contributed by atoms with Gasteiger partial charge in [-0.2, -0.15) is 5.10 Å². The van der Waals surface area contributed by atoms with Crippen molar-refractivity contribution in [2.45, 2.75) is 57.7 Å². The highest BCUT2D eigenvalue weighted by Crippen LogP contribution is 2.41. The van der Waals surface area contributed by atoms with Gasteiger partial charge in [-0.3, -0.25) is 5.01 Å². The van der Waals surface area contributed by atoms with Gasteiger partial charge in [0.2, 0.25) is 0 Å². The highest BCUT2D eigenvalue weighted by Gasteiger charge is 2.43. The lowest BCUT2D eigenvalue weighted by Gasteiger charge is -2.44. The molecule has 3 heterocycles. The van der Waals surface area contributed by atoms with Gasteiger partial charge in [0.05, 0.1) is 18.8 Å². The van der Waals surface area contributed by atoms with Crippen LogP contribution in [0, 0.1) is 0 Å². The van der Waals surface area contributed by atoms with E-state index in [9.17, 15) is 0 Å². The van der Waals surface area contributed by atoms with Crippen LogP contribution in [0.4, 0.5) is 11.5 Å². The molecule has 0 N–H and O–H groups in total. The fourth-order valence-corrected chi connectivity index (χ4v) is 4.76. The van der Waals surface area contributed by atoms with Gasteiger partial charge in [-0.25, -0.2) is 9.97 Å². The number of anilines is 2. The summed E-state index contributed by atoms with van der Waals surface area (Å²) in [6.45, 7) is 3.85. The molecule has 1 saturated carbocycles. The SMILES string of the molecule is CC[C@@H]1C2=NN(Cc3ccccc3)CN2c2cncnc2N1C1CCCC1. The maximum absolute atomic E-state index is 5.06. The van der Waals surface area contributed by atoms with Crippen LogP contribution in [-0.4, -0.2) is 39.6 Å². The lowest BCUT2D eigenvalue weighted by molar-refractivity contribution is 0.310. The molecule has 3 aliphatic rings. The standard InChI is InChI=1S/C21H26N6/c1-2-18-21-24-25(13-16-8-4-3-5-9-16)15-26(21)19-12-22-14-23-20(19)27(18)17-10-6-7-11-17/h3-5,8-9,12,14,17-18H,2,6-7,10-11,13,15H2,1H3/t18-/m1/s1. The number of benzene rings is 1. The largest absolute Gasteiger partial charge is 0.342 e. The molecule has 0 radical (unpaired) electrons. The summed E-state index contributed by atoms with van der Waals surface area (Å²) in [5.41, 5.74) is 2.38. The van der Waals surface area contributed by atoms with Crippen molar-refractivity contribution >= 4 is 17.3 Å². The fraction of sp³-hybridized carbons (Fsp3) is 0.476. The predicted molar refractivity (Wildman–Crippen MR) is 108 cm³/mol. The zero-order valence-electron chi connectivity index (χ0n) is 15.8. The van der Waals surface area contributed by atoms with Gasteiger partial charge in [0.25, 0.3) is 0 Å². The van der Waals surface area contributed by atoms with Crippen molar-refractivity contribution in [2.75, 3.05) is 16.5 Å². The molecule has 1 aliphatic carbocycles. The third kappa shape index (κ3) is 2.83. The van der Waals surface area contributed by atoms with E-state index < -0.39 is 0 Å². The highest BCUT2D eigenvalue weighted by atomic mass is 15.6. The number of nitrogens with zero attached hydrogens (tertiary/aromatic N) is 6. The molecular weight excluding hydrogens is 336 g/mol. The van der Waals surface area contributed by atoms with Crippen molar-refractivity contribution in [3.8, 4) is 0 Å². The van der Waals surface area contributed by atoms with Crippen molar-refractivity contribution in [1.29, 1.82) is 0 Å². The third-order valence-corrected chi connectivity index (χ3v) is 5.98. The molecule has 6 nitrogen and oxygen atoms in total. The summed E-state index contributed by atoms with van der Waals surface area (Å²) < 4.78 is 0. The average Bonchev–Trinajstić information content (AvgIpc) is 3.37. The van der Waals surface area contributed by atoms with Crippen LogP contribution in [-0.2, 0) is 6.54 Å². The molecule has 0 spiro atoms. The molecule has 1 aromatic heterocycles. The van der Waals surface area contributed by atoms with Crippen molar-refractivity contribution in [3.63, 3.8) is 0 Å². The second kappa shape index (κ2) is 6.83. The Bertz CT molecular complexity index is 830. The van der Waals surface area contributed by atoms with Gasteiger partial charge in [-0.1, -0.05) is 50.1 Å². The molecule has 1 atom stereocenters. The number of amidine groups is 1. The third-order valence-electron chi connectivity index (χ3n) is 5.98. The molecule has 140 valence electrons. The van der Waals surface area contributed by atoms with Gasteiger partial charge in [0.15, 0.2) is 11.7 Å². The van der Waals surface area contributed by atoms with E-state index in [0.717, 1.165) is 37.0 Å². The molecule has 0 amide bonds. The summed E-state index contributed by atoms with van der Waals surface area (Å²) in [5, 5.41) is 7.23. The first-order valence-corrected chi connectivity index (χ1v) is 10.1. The number of aromatic nitrogens is 2. The summed E-state index contributed by atoms with van der Waals surface area (Å²) in [6, 6.07) is 11.4. The van der Waals surface area contributed by atoms with E-state index >= 15 is 0 Å². The lowest BCUT2D eigenvalue weighted by atomic mass is 10.0. The Balaban J connectivity index is 1.51. The van der Waals surface area contributed by atoms with Gasteiger partial charge < -0.3 is 9.80 Å². The second-order valence-electron chi connectivity index (χ2n) is 7.68. The van der Waals surface area contributed by atoms with E-state index in [1.165, 1.54) is 31.2 Å². The van der Waals surface area contributed by atoms with E-state index in [2.05, 4.69) is 57.0 Å². The van der Waals surface area contributed by atoms with Crippen molar-refractivity contribution in [1.82, 2.24) is 15.0 Å². The summed E-state index contributed by atoms with van der Waals surface area (Å²) in [4.78, 5) is 13.9. The van der Waals surface area contributed by atoms with Crippen molar-refractivity contribution < 1.29 is 0 Å². The first-order chi connectivity index (χ1) is 13.3. The minimum absolute atomic E-state index is 0.288. The Morgan fingerprint density at radius 2 is 1.93 bits per heavy atom. The van der Waals surface area contributed by atoms with Gasteiger partial charge in [-0.05, 0) is 24.8 Å². The summed E-state index contributed by atoms with van der Waals surface area (Å²) in [5.74, 6) is 2.24. The first kappa shape index (κ1) is 16.5. The van der Waals surface area contributed by atoms with Gasteiger partial charge in [-0.15, -0.1) is 0 Å². The monoisotopic (exact) mass is 362 g/mol. The Labute approximate surface area is 160 Å². The predicted octanol–water partition coefficient (Wildman–Crippen LogP) is 3.61. The second-order valence-corrected chi connectivity index (χ2v) is 7.68. The molecule has 2 aliphatic heterocycles. The molecule has 0 bridgehead atoms. The molecule has 1 fully saturated rings. The fourth-order valence-electron chi connectivity index (χ4n) is 4.76. The van der Waals surface area contributed by atoms with E-state index in [-0.39, 0.29) is 6.04 Å². The van der Waals surface area contributed by atoms with Crippen molar-refractivity contribution in [3.05, 3.63) is 48.4 Å². The highest BCUT2D eigenvalue weighted by molar-refractivity contribution is 6.08. The first-order valence-electron chi connectivity index (χ1n) is 10.1. The topological polar surface area (TPSA) is 47.9 Å². The van der Waals surface area contributed by atoms with Crippen LogP contribution in [0.3, 0.4) is 0 Å². The zero-order chi connectivity index (χ0) is 18.2. The summed E-state index contributed by atoms with van der Waals surface area (Å²) in [7, 11) is 0. The average molecular weight is 362 g/mol. The van der Waals surface area contributed by atoms with Crippen LogP contribution in [0.2, 0.25) is 0 Å². The van der Waals surface area contributed by atoms with E-state index in [4.69, 9.17) is 10.1 Å². The van der Waals surface area contributed by atoms with Crippen LogP contribution in [0.1, 0.15) is 44.6 Å². The summed E-state index contributed by atoms with van der Waals surface area (Å²) >= 11 is 0. The van der Waals surface area contributed by atoms with Crippen LogP contribution < -0.4 is 9.80 Å². The van der Waals surface area contributed by atoms with Crippen LogP contribution in [0.5, 0.6) is 0 Å². The van der Waals surface area contributed by atoms with Crippen LogP contribution >= 0.6 is 0 Å². The zero-order valence-corrected chi connectivity index (χ0v) is 15.8. The minimum atomic E-state index is 0.288. The molecule has 2 aromatic rings. The number of rotatable bonds is 4. The number of hydrazone groups is 1. The Morgan fingerprint density at radius 3 is 2.70 bits per heavy atom. The Kier molecular flexibility index (Phi) is 4.19. The van der Waals surface area contributed by atoms with Crippen LogP contribution in [0.15, 0.2) is 48.0 Å². The van der Waals surface area contributed by atoms with E-state index in [1.807, 2.05) is 6.20 Å². The molecule has 0 unspecified atom stereocenters. The summed E-state index contributed by atoms with van der Waals surface area (Å²) in [6.07, 6.45) is 9.81. The van der Waals surface area contributed by atoms with Crippen LogP contribution in [0.25, 0.3) is 0 Å².